The number of carbonyl (C=O) groups is 3. The van der Waals surface area contributed by atoms with Gasteiger partial charge in [0.15, 0.2) is 0 Å². The Balaban J connectivity index is 5.02. The van der Waals surface area contributed by atoms with Crippen molar-refractivity contribution in [2.24, 2.45) is 5.92 Å². The predicted molar refractivity (Wildman–Crippen MR) is 148 cm³/mol. The molecule has 0 aliphatic rings. The Kier molecular flexibility index (Phi) is 24.9. The molecule has 0 rings (SSSR count). The summed E-state index contributed by atoms with van der Waals surface area (Å²) in [6.45, 7) is 8.59. The van der Waals surface area contributed by atoms with E-state index in [1.54, 1.807) is 0 Å². The smallest absolute Gasteiger partial charge is 0.300 e. The van der Waals surface area contributed by atoms with Crippen LogP contribution in [-0.4, -0.2) is 23.3 Å². The molecule has 0 aliphatic heterocycles. The lowest BCUT2D eigenvalue weighted by atomic mass is 9.94. The molecule has 0 spiro atoms. The maximum Gasteiger partial charge on any atom is 0.335 e. The second-order valence-corrected chi connectivity index (χ2v) is 10.3. The Morgan fingerprint density at radius 1 is 0.486 bits per heavy atom. The van der Waals surface area contributed by atoms with Crippen molar-refractivity contribution in [3.05, 3.63) is 0 Å². The van der Waals surface area contributed by atoms with Crippen molar-refractivity contribution in [1.29, 1.82) is 0 Å². The van der Waals surface area contributed by atoms with Crippen LogP contribution in [0.25, 0.3) is 0 Å². The Hall–Kier alpha value is -1.63. The predicted octanol–water partition coefficient (Wildman–Crippen LogP) is 8.94. The molecule has 0 aromatic rings. The van der Waals surface area contributed by atoms with Crippen molar-refractivity contribution in [1.82, 2.24) is 5.39 Å². The largest absolute Gasteiger partial charge is 0.335 e. The normalized spacial score (nSPS) is 11.2. The molecule has 0 heterocycles. The average molecular weight is 528 g/mol. The fourth-order valence-electron chi connectivity index (χ4n) is 4.22. The summed E-state index contributed by atoms with van der Waals surface area (Å²) in [4.78, 5) is 53.6. The van der Waals surface area contributed by atoms with E-state index < -0.39 is 17.9 Å². The van der Waals surface area contributed by atoms with E-state index in [1.807, 2.05) is 0 Å². The number of hydrogen-bond donors (Lipinski definition) is 0. The molecule has 0 aromatic carbocycles. The van der Waals surface area contributed by atoms with Gasteiger partial charge in [0.25, 0.3) is 0 Å². The van der Waals surface area contributed by atoms with Crippen LogP contribution in [0.15, 0.2) is 0 Å². The summed E-state index contributed by atoms with van der Waals surface area (Å²) in [5, 5.41) is 0.385. The Morgan fingerprint density at radius 3 is 1.22 bits per heavy atom. The van der Waals surface area contributed by atoms with E-state index in [0.29, 0.717) is 18.2 Å². The van der Waals surface area contributed by atoms with E-state index in [0.717, 1.165) is 116 Å². The monoisotopic (exact) mass is 527 g/mol. The van der Waals surface area contributed by atoms with E-state index in [9.17, 15) is 14.4 Å². The molecule has 218 valence electrons. The van der Waals surface area contributed by atoms with Gasteiger partial charge in [-0.15, -0.1) is 0 Å². The van der Waals surface area contributed by atoms with Gasteiger partial charge in [-0.2, -0.15) is 0 Å². The van der Waals surface area contributed by atoms with Crippen LogP contribution in [0.5, 0.6) is 0 Å². The molecule has 7 nitrogen and oxygen atoms in total. The minimum Gasteiger partial charge on any atom is -0.300 e. The number of carbonyl (C=O) groups excluding carboxylic acids is 3. The van der Waals surface area contributed by atoms with Crippen molar-refractivity contribution in [2.45, 2.75) is 169 Å². The highest BCUT2D eigenvalue weighted by molar-refractivity contribution is 5.73. The first-order chi connectivity index (χ1) is 18.0. The van der Waals surface area contributed by atoms with Crippen LogP contribution in [-0.2, 0) is 28.9 Å². The Labute approximate surface area is 227 Å². The van der Waals surface area contributed by atoms with Gasteiger partial charge in [0.2, 0.25) is 5.39 Å². The molecular weight excluding hydrogens is 470 g/mol. The van der Waals surface area contributed by atoms with Crippen LogP contribution in [0.4, 0.5) is 0 Å². The minimum absolute atomic E-state index is 0.184. The molecule has 37 heavy (non-hydrogen) atoms. The van der Waals surface area contributed by atoms with Crippen molar-refractivity contribution in [3.8, 4) is 0 Å². The highest BCUT2D eigenvalue weighted by Gasteiger charge is 2.27. The van der Waals surface area contributed by atoms with Gasteiger partial charge in [0.05, 0.1) is 5.92 Å². The molecule has 0 atom stereocenters. The van der Waals surface area contributed by atoms with Crippen molar-refractivity contribution >= 4 is 17.9 Å². The SMILES string of the molecule is CCCCCCCC(=O)ON(OC(=O)CCCCCCC)OC(=O)C(CCCCCC)CCCCCC. The maximum atomic E-state index is 13.1. The molecule has 0 fully saturated rings. The average Bonchev–Trinajstić information content (AvgIpc) is 2.87. The van der Waals surface area contributed by atoms with Crippen LogP contribution in [0.3, 0.4) is 0 Å². The Bertz CT molecular complexity index is 528. The first-order valence-corrected chi connectivity index (χ1v) is 15.4. The first-order valence-electron chi connectivity index (χ1n) is 15.4. The highest BCUT2D eigenvalue weighted by atomic mass is 17.2. The fraction of sp³-hybridized carbons (Fsp3) is 0.900. The molecule has 0 aliphatic carbocycles. The van der Waals surface area contributed by atoms with Crippen molar-refractivity contribution in [2.75, 3.05) is 0 Å². The molecule has 0 aromatic heterocycles. The lowest BCUT2D eigenvalue weighted by Gasteiger charge is -2.21. The van der Waals surface area contributed by atoms with Gasteiger partial charge < -0.3 is 14.5 Å². The van der Waals surface area contributed by atoms with Gasteiger partial charge in [0, 0.05) is 12.8 Å². The summed E-state index contributed by atoms with van der Waals surface area (Å²) in [6, 6.07) is 0. The Morgan fingerprint density at radius 2 is 0.838 bits per heavy atom. The van der Waals surface area contributed by atoms with Gasteiger partial charge in [-0.3, -0.25) is 9.59 Å². The molecule has 0 bridgehead atoms. The standard InChI is InChI=1S/C30H57NO6/c1-5-9-13-17-21-25-28(32)35-31(36-29(33)26-22-18-14-10-6-2)37-30(34)27(23-19-15-11-7-3)24-20-16-12-8-4/h27H,5-26H2,1-4H3. The van der Waals surface area contributed by atoms with Gasteiger partial charge in [-0.1, -0.05) is 130 Å². The van der Waals surface area contributed by atoms with Gasteiger partial charge in [-0.25, -0.2) is 4.79 Å². The van der Waals surface area contributed by atoms with Crippen molar-refractivity contribution in [3.63, 3.8) is 0 Å². The number of rotatable bonds is 26. The second-order valence-electron chi connectivity index (χ2n) is 10.3. The van der Waals surface area contributed by atoms with Gasteiger partial charge in [-0.05, 0) is 25.7 Å². The second kappa shape index (κ2) is 26.0. The first kappa shape index (κ1) is 35.4. The highest BCUT2D eigenvalue weighted by Crippen LogP contribution is 2.21. The zero-order valence-electron chi connectivity index (χ0n) is 24.5. The van der Waals surface area contributed by atoms with E-state index in [1.165, 1.54) is 0 Å². The summed E-state index contributed by atoms with van der Waals surface area (Å²) in [5.74, 6) is -1.94. The molecule has 0 saturated carbocycles. The quantitative estimate of drug-likeness (QED) is 0.0820. The molecule has 0 radical (unpaired) electrons. The summed E-state index contributed by atoms with van der Waals surface area (Å²) in [6.07, 6.45) is 20.2. The third-order valence-corrected chi connectivity index (χ3v) is 6.63. The van der Waals surface area contributed by atoms with E-state index >= 15 is 0 Å². The van der Waals surface area contributed by atoms with Crippen LogP contribution < -0.4 is 0 Å². The van der Waals surface area contributed by atoms with Crippen molar-refractivity contribution < 1.29 is 28.9 Å². The number of nitrogens with zero attached hydrogens (tertiary/aromatic N) is 1. The van der Waals surface area contributed by atoms with Gasteiger partial charge >= 0.3 is 17.9 Å². The number of hydrogen-bond acceptors (Lipinski definition) is 7. The molecule has 0 unspecified atom stereocenters. The molecule has 0 N–H and O–H groups in total. The summed E-state index contributed by atoms with van der Waals surface area (Å²) < 4.78 is 0. The molecule has 0 saturated heterocycles. The third-order valence-electron chi connectivity index (χ3n) is 6.63. The van der Waals surface area contributed by atoms with E-state index in [2.05, 4.69) is 27.7 Å². The molecule has 0 amide bonds. The summed E-state index contributed by atoms with van der Waals surface area (Å²) in [5.41, 5.74) is 0. The lowest BCUT2D eigenvalue weighted by molar-refractivity contribution is -0.465. The van der Waals surface area contributed by atoms with Crippen LogP contribution in [0.2, 0.25) is 0 Å². The topological polar surface area (TPSA) is 82.1 Å². The number of unbranched alkanes of at least 4 members (excludes halogenated alkanes) is 14. The lowest BCUT2D eigenvalue weighted by Crippen LogP contribution is -2.35. The molecule has 7 heteroatoms. The zero-order chi connectivity index (χ0) is 27.6. The summed E-state index contributed by atoms with van der Waals surface area (Å²) >= 11 is 0. The molecular formula is C30H57NO6. The third kappa shape index (κ3) is 22.1. The summed E-state index contributed by atoms with van der Waals surface area (Å²) in [7, 11) is 0. The maximum absolute atomic E-state index is 13.1. The van der Waals surface area contributed by atoms with Crippen LogP contribution in [0.1, 0.15) is 169 Å². The van der Waals surface area contributed by atoms with E-state index in [4.69, 9.17) is 14.5 Å². The van der Waals surface area contributed by atoms with Crippen LogP contribution in [0, 0.1) is 5.92 Å². The van der Waals surface area contributed by atoms with Crippen LogP contribution >= 0.6 is 0 Å². The van der Waals surface area contributed by atoms with Gasteiger partial charge in [0.1, 0.15) is 0 Å². The van der Waals surface area contributed by atoms with E-state index in [-0.39, 0.29) is 18.8 Å². The minimum atomic E-state index is -0.567. The fourth-order valence-corrected chi connectivity index (χ4v) is 4.22. The zero-order valence-corrected chi connectivity index (χ0v) is 24.5.